The maximum Gasteiger partial charge on any atom is 0.293 e. The van der Waals surface area contributed by atoms with Crippen LogP contribution in [-0.2, 0) is 9.59 Å². The van der Waals surface area contributed by atoms with Crippen molar-refractivity contribution in [2.75, 3.05) is 0 Å². The molecule has 42 valence electrons. The summed E-state index contributed by atoms with van der Waals surface area (Å²) in [5.74, 6) is -1.81. The maximum atomic E-state index is 10.1. The van der Waals surface area contributed by atoms with E-state index in [4.69, 9.17) is 5.11 Å². The highest BCUT2D eigenvalue weighted by Gasteiger charge is 2.18. The number of aliphatic hydroxyl groups is 1. The molecule has 0 aromatic heterocycles. The van der Waals surface area contributed by atoms with Gasteiger partial charge in [-0.3, -0.25) is 14.9 Å². The Labute approximate surface area is 44.8 Å². The Bertz CT molecular complexity index is 182. The molecule has 2 amide bonds. The van der Waals surface area contributed by atoms with Crippen LogP contribution in [0, 0.1) is 0 Å². The summed E-state index contributed by atoms with van der Waals surface area (Å²) in [6.45, 7) is 0. The highest BCUT2D eigenvalue weighted by molar-refractivity contribution is 6.14. The summed E-state index contributed by atoms with van der Waals surface area (Å²) in [7, 11) is 0. The van der Waals surface area contributed by atoms with Crippen LogP contribution < -0.4 is 5.32 Å². The third-order valence-corrected chi connectivity index (χ3v) is 0.737. The molecule has 1 rings (SSSR count). The smallest absolute Gasteiger partial charge is 0.293 e. The fourth-order valence-corrected chi connectivity index (χ4v) is 0.402. The van der Waals surface area contributed by atoms with Gasteiger partial charge in [0.2, 0.25) is 0 Å². The van der Waals surface area contributed by atoms with Crippen molar-refractivity contribution in [1.29, 1.82) is 0 Å². The lowest BCUT2D eigenvalue weighted by atomic mass is 10.5. The van der Waals surface area contributed by atoms with Gasteiger partial charge in [0.25, 0.3) is 11.8 Å². The lowest BCUT2D eigenvalue weighted by Gasteiger charge is -1.83. The first-order valence-electron chi connectivity index (χ1n) is 1.96. The zero-order chi connectivity index (χ0) is 6.15. The molecule has 0 aromatic carbocycles. The van der Waals surface area contributed by atoms with Gasteiger partial charge < -0.3 is 5.11 Å². The average Bonchev–Trinajstić information content (AvgIpc) is 1.85. The molecule has 4 nitrogen and oxygen atoms in total. The number of carbonyl (C=O) groups is 2. The molecule has 0 atom stereocenters. The SMILES string of the molecule is O=C1C=C(O)C(=O)N1. The van der Waals surface area contributed by atoms with Crippen LogP contribution in [0.25, 0.3) is 0 Å². The van der Waals surface area contributed by atoms with Crippen molar-refractivity contribution in [2.24, 2.45) is 0 Å². The fourth-order valence-electron chi connectivity index (χ4n) is 0.402. The van der Waals surface area contributed by atoms with E-state index >= 15 is 0 Å². The molecule has 2 N–H and O–H groups in total. The summed E-state index contributed by atoms with van der Waals surface area (Å²) in [4.78, 5) is 20.2. The molecule has 0 radical (unpaired) electrons. The minimum absolute atomic E-state index is 0.519. The van der Waals surface area contributed by atoms with Crippen molar-refractivity contribution in [2.45, 2.75) is 0 Å². The molecular weight excluding hydrogens is 110 g/mol. The summed E-state index contributed by atoms with van der Waals surface area (Å²) in [5, 5.41) is 10.2. The molecule has 0 aromatic rings. The van der Waals surface area contributed by atoms with Gasteiger partial charge in [-0.25, -0.2) is 0 Å². The molecule has 0 bridgehead atoms. The summed E-state index contributed by atoms with van der Waals surface area (Å²) in [6.07, 6.45) is 0.836. The van der Waals surface area contributed by atoms with Crippen LogP contribution in [0.15, 0.2) is 11.8 Å². The largest absolute Gasteiger partial charge is 0.503 e. The van der Waals surface area contributed by atoms with Crippen LogP contribution in [0.2, 0.25) is 0 Å². The number of rotatable bonds is 0. The molecule has 8 heavy (non-hydrogen) atoms. The first-order chi connectivity index (χ1) is 3.70. The molecule has 0 unspecified atom stereocenters. The van der Waals surface area contributed by atoms with Gasteiger partial charge in [0.05, 0.1) is 6.08 Å². The van der Waals surface area contributed by atoms with E-state index < -0.39 is 17.6 Å². The lowest BCUT2D eigenvalue weighted by molar-refractivity contribution is -0.124. The molecule has 0 saturated carbocycles. The highest BCUT2D eigenvalue weighted by atomic mass is 16.3. The second-order valence-electron chi connectivity index (χ2n) is 1.35. The third-order valence-electron chi connectivity index (χ3n) is 0.737. The van der Waals surface area contributed by atoms with Crippen LogP contribution in [0.3, 0.4) is 0 Å². The second-order valence-corrected chi connectivity index (χ2v) is 1.35. The number of amides is 2. The fraction of sp³-hybridized carbons (Fsp3) is 0. The van der Waals surface area contributed by atoms with E-state index in [2.05, 4.69) is 0 Å². The molecule has 1 heterocycles. The third kappa shape index (κ3) is 0.556. The molecule has 1 aliphatic rings. The summed E-state index contributed by atoms with van der Waals surface area (Å²) >= 11 is 0. The Morgan fingerprint density at radius 3 is 2.25 bits per heavy atom. The normalized spacial score (nSPS) is 18.2. The van der Waals surface area contributed by atoms with Crippen molar-refractivity contribution in [3.05, 3.63) is 11.8 Å². The Hall–Kier alpha value is -1.32. The minimum Gasteiger partial charge on any atom is -0.503 e. The molecule has 0 fully saturated rings. The van der Waals surface area contributed by atoms with Crippen LogP contribution in [0.5, 0.6) is 0 Å². The summed E-state index contributed by atoms with van der Waals surface area (Å²) in [6, 6.07) is 0. The van der Waals surface area contributed by atoms with Gasteiger partial charge in [-0.1, -0.05) is 0 Å². The van der Waals surface area contributed by atoms with Crippen LogP contribution in [0.4, 0.5) is 0 Å². The van der Waals surface area contributed by atoms with E-state index in [9.17, 15) is 9.59 Å². The van der Waals surface area contributed by atoms with E-state index in [0.717, 1.165) is 6.08 Å². The van der Waals surface area contributed by atoms with Crippen LogP contribution in [-0.4, -0.2) is 16.9 Å². The predicted molar refractivity (Wildman–Crippen MR) is 23.9 cm³/mol. The summed E-state index contributed by atoms with van der Waals surface area (Å²) < 4.78 is 0. The monoisotopic (exact) mass is 113 g/mol. The van der Waals surface area contributed by atoms with E-state index in [1.165, 1.54) is 0 Å². The number of aliphatic hydroxyl groups excluding tert-OH is 1. The van der Waals surface area contributed by atoms with E-state index in [1.54, 1.807) is 0 Å². The number of carbonyl (C=O) groups excluding carboxylic acids is 2. The molecule has 0 saturated heterocycles. The van der Waals surface area contributed by atoms with Crippen LogP contribution >= 0.6 is 0 Å². The standard InChI is InChI=1S/C4H3NO3/c6-2-1-3(7)5-4(2)8/h1H,(H2,5,6,7,8). The van der Waals surface area contributed by atoms with Crippen molar-refractivity contribution >= 4 is 11.8 Å². The molecule has 0 aliphatic carbocycles. The van der Waals surface area contributed by atoms with Gasteiger partial charge in [0.15, 0.2) is 5.76 Å². The zero-order valence-electron chi connectivity index (χ0n) is 3.84. The first kappa shape index (κ1) is 4.83. The van der Waals surface area contributed by atoms with Gasteiger partial charge >= 0.3 is 0 Å². The van der Waals surface area contributed by atoms with Gasteiger partial charge in [-0.2, -0.15) is 0 Å². The van der Waals surface area contributed by atoms with Gasteiger partial charge in [0.1, 0.15) is 0 Å². The predicted octanol–water partition coefficient (Wildman–Crippen LogP) is -0.915. The molecule has 0 spiro atoms. The van der Waals surface area contributed by atoms with Gasteiger partial charge in [-0.05, 0) is 0 Å². The van der Waals surface area contributed by atoms with Crippen molar-refractivity contribution in [3.63, 3.8) is 0 Å². The van der Waals surface area contributed by atoms with Crippen molar-refractivity contribution in [3.8, 4) is 0 Å². The minimum atomic E-state index is -0.727. The molecule has 4 heteroatoms. The zero-order valence-corrected chi connectivity index (χ0v) is 3.84. The Balaban J connectivity index is 2.88. The van der Waals surface area contributed by atoms with E-state index in [0.29, 0.717) is 0 Å². The molecular formula is C4H3NO3. The Kier molecular flexibility index (Phi) is 0.802. The number of imide groups is 1. The Morgan fingerprint density at radius 2 is 2.12 bits per heavy atom. The number of hydrogen-bond donors (Lipinski definition) is 2. The quantitative estimate of drug-likeness (QED) is 0.399. The first-order valence-corrected chi connectivity index (χ1v) is 1.96. The van der Waals surface area contributed by atoms with Crippen molar-refractivity contribution in [1.82, 2.24) is 5.32 Å². The average molecular weight is 113 g/mol. The van der Waals surface area contributed by atoms with Crippen molar-refractivity contribution < 1.29 is 14.7 Å². The lowest BCUT2D eigenvalue weighted by Crippen LogP contribution is -2.21. The topological polar surface area (TPSA) is 66.4 Å². The summed E-state index contributed by atoms with van der Waals surface area (Å²) in [5.41, 5.74) is 0. The molecule has 1 aliphatic heterocycles. The highest BCUT2D eigenvalue weighted by Crippen LogP contribution is 1.94. The van der Waals surface area contributed by atoms with E-state index in [1.807, 2.05) is 5.32 Å². The van der Waals surface area contributed by atoms with Gasteiger partial charge in [0, 0.05) is 0 Å². The van der Waals surface area contributed by atoms with Crippen LogP contribution in [0.1, 0.15) is 0 Å². The Morgan fingerprint density at radius 1 is 1.50 bits per heavy atom. The maximum absolute atomic E-state index is 10.1. The number of nitrogens with one attached hydrogen (secondary N) is 1. The van der Waals surface area contributed by atoms with Gasteiger partial charge in [-0.15, -0.1) is 0 Å². The second kappa shape index (κ2) is 1.33. The number of hydrogen-bond acceptors (Lipinski definition) is 3. The van der Waals surface area contributed by atoms with E-state index in [-0.39, 0.29) is 0 Å².